The molecule has 0 radical (unpaired) electrons. The number of nitrogen functional groups attached to an aromatic ring is 1. The van der Waals surface area contributed by atoms with Crippen LogP contribution in [0.5, 0.6) is 0 Å². The number of amides is 1. The van der Waals surface area contributed by atoms with Gasteiger partial charge < -0.3 is 10.6 Å². The van der Waals surface area contributed by atoms with Gasteiger partial charge in [-0.1, -0.05) is 0 Å². The summed E-state index contributed by atoms with van der Waals surface area (Å²) in [5.74, 6) is 0.930. The average Bonchev–Trinajstić information content (AvgIpc) is 2.86. The second kappa shape index (κ2) is 5.55. The van der Waals surface area contributed by atoms with Crippen molar-refractivity contribution in [2.75, 3.05) is 10.6 Å². The number of carbonyl (C=O) groups excluding carboxylic acids is 1. The molecule has 6 heteroatoms. The van der Waals surface area contributed by atoms with E-state index in [2.05, 4.69) is 10.1 Å². The van der Waals surface area contributed by atoms with Crippen LogP contribution < -0.4 is 10.6 Å². The lowest BCUT2D eigenvalue weighted by Gasteiger charge is -2.23. The normalized spacial score (nSPS) is 14.9. The summed E-state index contributed by atoms with van der Waals surface area (Å²) >= 11 is 0. The van der Waals surface area contributed by atoms with E-state index in [0.29, 0.717) is 13.0 Å². The van der Waals surface area contributed by atoms with Crippen LogP contribution in [0.3, 0.4) is 0 Å². The molecule has 2 aromatic rings. The first-order valence-electron chi connectivity index (χ1n) is 7.24. The average molecular weight is 285 g/mol. The van der Waals surface area contributed by atoms with Crippen molar-refractivity contribution in [2.24, 2.45) is 0 Å². The Morgan fingerprint density at radius 1 is 1.33 bits per heavy atom. The topological polar surface area (TPSA) is 77.0 Å². The maximum Gasteiger partial charge on any atom is 0.227 e. The predicted molar refractivity (Wildman–Crippen MR) is 80.7 cm³/mol. The van der Waals surface area contributed by atoms with Gasteiger partial charge in [-0.2, -0.15) is 5.10 Å². The Labute approximate surface area is 123 Å². The Hall–Kier alpha value is -2.37. The van der Waals surface area contributed by atoms with E-state index in [9.17, 15) is 4.79 Å². The highest BCUT2D eigenvalue weighted by Gasteiger charge is 2.23. The van der Waals surface area contributed by atoms with Gasteiger partial charge in [-0.05, 0) is 43.5 Å². The zero-order valence-electron chi connectivity index (χ0n) is 12.1. The fourth-order valence-electron chi connectivity index (χ4n) is 2.76. The molecule has 1 aliphatic rings. The monoisotopic (exact) mass is 285 g/mol. The zero-order chi connectivity index (χ0) is 14.8. The molecule has 1 amide bonds. The quantitative estimate of drug-likeness (QED) is 0.872. The van der Waals surface area contributed by atoms with Crippen molar-refractivity contribution in [3.05, 3.63) is 35.9 Å². The van der Waals surface area contributed by atoms with Crippen LogP contribution in [-0.4, -0.2) is 20.7 Å². The van der Waals surface area contributed by atoms with Gasteiger partial charge in [0.15, 0.2) is 0 Å². The minimum absolute atomic E-state index is 0.129. The van der Waals surface area contributed by atoms with Crippen molar-refractivity contribution in [1.82, 2.24) is 14.8 Å². The number of hydrogen-bond donors (Lipinski definition) is 1. The molecule has 1 aliphatic heterocycles. The van der Waals surface area contributed by atoms with Gasteiger partial charge in [-0.3, -0.25) is 4.79 Å². The molecule has 110 valence electrons. The number of benzene rings is 1. The molecule has 1 aromatic carbocycles. The number of nitrogens with zero attached hydrogens (tertiary/aromatic N) is 4. The van der Waals surface area contributed by atoms with Crippen molar-refractivity contribution in [1.29, 1.82) is 0 Å². The molecule has 2 N–H and O–H groups in total. The van der Waals surface area contributed by atoms with Crippen molar-refractivity contribution in [2.45, 2.75) is 39.3 Å². The molecule has 0 unspecified atom stereocenters. The molecule has 6 nitrogen and oxygen atoms in total. The predicted octanol–water partition coefficient (Wildman–Crippen LogP) is 1.75. The van der Waals surface area contributed by atoms with Crippen molar-refractivity contribution in [3.8, 4) is 0 Å². The highest BCUT2D eigenvalue weighted by atomic mass is 16.2. The largest absolute Gasteiger partial charge is 0.399 e. The van der Waals surface area contributed by atoms with E-state index in [1.807, 2.05) is 29.8 Å². The molecule has 1 aromatic heterocycles. The number of aryl methyl sites for hydroxylation is 2. The summed E-state index contributed by atoms with van der Waals surface area (Å²) in [5.41, 5.74) is 8.67. The minimum Gasteiger partial charge on any atom is -0.399 e. The summed E-state index contributed by atoms with van der Waals surface area (Å²) in [6.45, 7) is 3.20. The van der Waals surface area contributed by atoms with Crippen LogP contribution in [0.15, 0.2) is 24.5 Å². The van der Waals surface area contributed by atoms with Gasteiger partial charge in [-0.15, -0.1) is 0 Å². The summed E-state index contributed by atoms with van der Waals surface area (Å²) in [7, 11) is 0. The number of fused-ring (bicyclic) bond motifs is 1. The lowest BCUT2D eigenvalue weighted by atomic mass is 10.1. The summed E-state index contributed by atoms with van der Waals surface area (Å²) in [6.07, 6.45) is 3.81. The van der Waals surface area contributed by atoms with E-state index < -0.39 is 0 Å². The van der Waals surface area contributed by atoms with Crippen LogP contribution in [0.4, 0.5) is 11.4 Å². The number of rotatable bonds is 3. The smallest absolute Gasteiger partial charge is 0.227 e. The van der Waals surface area contributed by atoms with E-state index in [4.69, 9.17) is 5.73 Å². The van der Waals surface area contributed by atoms with E-state index in [-0.39, 0.29) is 5.91 Å². The van der Waals surface area contributed by atoms with Crippen LogP contribution in [0.25, 0.3) is 0 Å². The van der Waals surface area contributed by atoms with Crippen molar-refractivity contribution in [3.63, 3.8) is 0 Å². The fraction of sp³-hybridized carbons (Fsp3) is 0.400. The van der Waals surface area contributed by atoms with Gasteiger partial charge in [-0.25, -0.2) is 9.67 Å². The molecular weight excluding hydrogens is 266 g/mol. The highest BCUT2D eigenvalue weighted by molar-refractivity contribution is 5.95. The Kier molecular flexibility index (Phi) is 3.60. The van der Waals surface area contributed by atoms with Gasteiger partial charge in [0.1, 0.15) is 12.2 Å². The molecule has 0 fully saturated rings. The Morgan fingerprint density at radius 2 is 2.19 bits per heavy atom. The fourth-order valence-corrected chi connectivity index (χ4v) is 2.76. The SMILES string of the molecule is CCn1ncnc1CN1C(=O)CCCc2cc(N)ccc21. The lowest BCUT2D eigenvalue weighted by Crippen LogP contribution is -2.31. The maximum absolute atomic E-state index is 12.4. The van der Waals surface area contributed by atoms with Gasteiger partial charge >= 0.3 is 0 Å². The first kappa shape index (κ1) is 13.6. The molecule has 0 saturated heterocycles. The molecule has 0 bridgehead atoms. The molecule has 2 heterocycles. The van der Waals surface area contributed by atoms with E-state index in [1.165, 1.54) is 6.33 Å². The first-order valence-corrected chi connectivity index (χ1v) is 7.24. The number of hydrogen-bond acceptors (Lipinski definition) is 4. The molecule has 21 heavy (non-hydrogen) atoms. The van der Waals surface area contributed by atoms with E-state index in [1.54, 1.807) is 4.90 Å². The van der Waals surface area contributed by atoms with Gasteiger partial charge in [0, 0.05) is 24.3 Å². The van der Waals surface area contributed by atoms with Gasteiger partial charge in [0.05, 0.1) is 6.54 Å². The third kappa shape index (κ3) is 2.61. The second-order valence-electron chi connectivity index (χ2n) is 5.21. The second-order valence-corrected chi connectivity index (χ2v) is 5.21. The van der Waals surface area contributed by atoms with Gasteiger partial charge in [0.2, 0.25) is 5.91 Å². The van der Waals surface area contributed by atoms with Crippen LogP contribution in [0, 0.1) is 0 Å². The highest BCUT2D eigenvalue weighted by Crippen LogP contribution is 2.29. The number of nitrogens with two attached hydrogens (primary N) is 1. The van der Waals surface area contributed by atoms with E-state index in [0.717, 1.165) is 42.1 Å². The standard InChI is InChI=1S/C15H19N5O/c1-2-20-14(17-10-18-20)9-19-13-7-6-12(16)8-11(13)4-3-5-15(19)21/h6-8,10H,2-5,9,16H2,1H3. The van der Waals surface area contributed by atoms with Crippen LogP contribution in [0.1, 0.15) is 31.2 Å². The molecule has 0 spiro atoms. The minimum atomic E-state index is 0.129. The Balaban J connectivity index is 1.98. The van der Waals surface area contributed by atoms with Crippen LogP contribution in [-0.2, 0) is 24.3 Å². The zero-order valence-corrected chi connectivity index (χ0v) is 12.1. The van der Waals surface area contributed by atoms with Gasteiger partial charge in [0.25, 0.3) is 0 Å². The number of carbonyl (C=O) groups is 1. The Morgan fingerprint density at radius 3 is 3.00 bits per heavy atom. The molecule has 3 rings (SSSR count). The van der Waals surface area contributed by atoms with Crippen molar-refractivity contribution >= 4 is 17.3 Å². The summed E-state index contributed by atoms with van der Waals surface area (Å²) in [4.78, 5) is 18.5. The Bertz CT molecular complexity index is 664. The van der Waals surface area contributed by atoms with E-state index >= 15 is 0 Å². The number of aromatic nitrogens is 3. The molecule has 0 saturated carbocycles. The molecule has 0 atom stereocenters. The van der Waals surface area contributed by atoms with Crippen molar-refractivity contribution < 1.29 is 4.79 Å². The van der Waals surface area contributed by atoms with Crippen LogP contribution in [0.2, 0.25) is 0 Å². The maximum atomic E-state index is 12.4. The third-order valence-electron chi connectivity index (χ3n) is 3.83. The summed E-state index contributed by atoms with van der Waals surface area (Å²) < 4.78 is 1.81. The first-order chi connectivity index (χ1) is 10.2. The summed E-state index contributed by atoms with van der Waals surface area (Å²) in [5, 5.41) is 4.17. The summed E-state index contributed by atoms with van der Waals surface area (Å²) in [6, 6.07) is 5.74. The number of anilines is 2. The third-order valence-corrected chi connectivity index (χ3v) is 3.83. The molecular formula is C15H19N5O. The van der Waals surface area contributed by atoms with Crippen LogP contribution >= 0.6 is 0 Å². The lowest BCUT2D eigenvalue weighted by molar-refractivity contribution is -0.118. The molecule has 0 aliphatic carbocycles.